The highest BCUT2D eigenvalue weighted by atomic mass is 127. The molecule has 15 heavy (non-hydrogen) atoms. The molecule has 0 saturated heterocycles. The van der Waals surface area contributed by atoms with Crippen molar-refractivity contribution in [1.82, 2.24) is 14.5 Å². The van der Waals surface area contributed by atoms with Crippen molar-refractivity contribution in [2.24, 2.45) is 0 Å². The first-order valence-electron chi connectivity index (χ1n) is 4.13. The topological polar surface area (TPSA) is 30.7 Å². The first-order chi connectivity index (χ1) is 7.16. The lowest BCUT2D eigenvalue weighted by molar-refractivity contribution is 0.755. The van der Waals surface area contributed by atoms with Crippen molar-refractivity contribution in [3.8, 4) is 0 Å². The molecule has 6 heteroatoms. The highest BCUT2D eigenvalue weighted by Gasteiger charge is 2.05. The molecule has 0 aliphatic carbocycles. The van der Waals surface area contributed by atoms with Crippen LogP contribution in [0.2, 0.25) is 5.02 Å². The maximum Gasteiger partial charge on any atom is 0.132 e. The molecular weight excluding hydrogens is 439 g/mol. The maximum absolute atomic E-state index is 5.89. The molecule has 0 N–H and O–H groups in total. The van der Waals surface area contributed by atoms with Gasteiger partial charge in [0.1, 0.15) is 7.40 Å². The smallest absolute Gasteiger partial charge is 0.132 e. The number of nitrogens with zero attached hydrogens (tertiary/aromatic N) is 3. The number of rotatable bonds is 2. The van der Waals surface area contributed by atoms with E-state index in [1.54, 1.807) is 12.3 Å². The van der Waals surface area contributed by atoms with Crippen LogP contribution in [0, 0.1) is 7.40 Å². The van der Waals surface area contributed by atoms with Crippen LogP contribution < -0.4 is 0 Å². The summed E-state index contributed by atoms with van der Waals surface area (Å²) in [5.41, 5.74) is 0.939. The average Bonchev–Trinajstić information content (AvgIpc) is 2.50. The minimum Gasteiger partial charge on any atom is -0.319 e. The van der Waals surface area contributed by atoms with E-state index in [2.05, 4.69) is 55.1 Å². The molecule has 0 aliphatic heterocycles. The molecule has 2 rings (SSSR count). The summed E-state index contributed by atoms with van der Waals surface area (Å²) in [4.78, 5) is 8.46. The van der Waals surface area contributed by atoms with Crippen LogP contribution in [-0.2, 0) is 6.54 Å². The van der Waals surface area contributed by atoms with Crippen LogP contribution in [0.5, 0.6) is 0 Å². The summed E-state index contributed by atoms with van der Waals surface area (Å²) in [7, 11) is 0. The first-order valence-corrected chi connectivity index (χ1v) is 6.67. The van der Waals surface area contributed by atoms with Gasteiger partial charge >= 0.3 is 0 Å². The predicted octanol–water partition coefficient (Wildman–Crippen LogP) is 3.19. The Morgan fingerprint density at radius 1 is 1.33 bits per heavy atom. The summed E-state index contributed by atoms with van der Waals surface area (Å²) in [6.07, 6.45) is 3.53. The van der Waals surface area contributed by atoms with Crippen LogP contribution in [0.3, 0.4) is 0 Å². The van der Waals surface area contributed by atoms with Crippen LogP contribution in [0.1, 0.15) is 5.69 Å². The highest BCUT2D eigenvalue weighted by molar-refractivity contribution is 14.1. The van der Waals surface area contributed by atoms with Gasteiger partial charge in [-0.3, -0.25) is 4.98 Å². The summed E-state index contributed by atoms with van der Waals surface area (Å²) >= 11 is 10.4. The average molecular weight is 445 g/mol. The Bertz CT molecular complexity index is 484. The van der Waals surface area contributed by atoms with E-state index in [1.807, 2.05) is 17.0 Å². The maximum atomic E-state index is 5.89. The van der Waals surface area contributed by atoms with Crippen LogP contribution >= 0.6 is 56.8 Å². The van der Waals surface area contributed by atoms with Crippen molar-refractivity contribution in [2.45, 2.75) is 6.54 Å². The molecule has 2 heterocycles. The van der Waals surface area contributed by atoms with Gasteiger partial charge in [-0.25, -0.2) is 4.98 Å². The van der Waals surface area contributed by atoms with Crippen molar-refractivity contribution in [3.05, 3.63) is 42.8 Å². The number of aromatic nitrogens is 3. The van der Waals surface area contributed by atoms with E-state index >= 15 is 0 Å². The minimum absolute atomic E-state index is 0.703. The fourth-order valence-corrected chi connectivity index (χ4v) is 2.21. The first kappa shape index (κ1) is 11.6. The lowest BCUT2D eigenvalue weighted by Crippen LogP contribution is -2.02. The van der Waals surface area contributed by atoms with Crippen molar-refractivity contribution in [2.75, 3.05) is 0 Å². The summed E-state index contributed by atoms with van der Waals surface area (Å²) in [5, 5.41) is 0.713. The van der Waals surface area contributed by atoms with E-state index in [1.165, 1.54) is 0 Å². The third-order valence-electron chi connectivity index (χ3n) is 1.84. The summed E-state index contributed by atoms with van der Waals surface area (Å²) in [5.74, 6) is 0. The summed E-state index contributed by atoms with van der Waals surface area (Å²) in [6, 6.07) is 3.64. The van der Waals surface area contributed by atoms with Crippen molar-refractivity contribution in [1.29, 1.82) is 0 Å². The SMILES string of the molecule is Clc1ccnc(Cn2cnc(I)c2I)c1. The van der Waals surface area contributed by atoms with Gasteiger partial charge in [-0.15, -0.1) is 0 Å². The van der Waals surface area contributed by atoms with Gasteiger partial charge in [0.25, 0.3) is 0 Å². The largest absolute Gasteiger partial charge is 0.319 e. The Morgan fingerprint density at radius 3 is 2.73 bits per heavy atom. The predicted molar refractivity (Wildman–Crippen MR) is 76.0 cm³/mol. The zero-order chi connectivity index (χ0) is 10.8. The van der Waals surface area contributed by atoms with E-state index in [0.717, 1.165) is 13.1 Å². The molecule has 0 radical (unpaired) electrons. The molecule has 0 unspecified atom stereocenters. The van der Waals surface area contributed by atoms with Gasteiger partial charge in [0.05, 0.1) is 18.6 Å². The van der Waals surface area contributed by atoms with Crippen molar-refractivity contribution in [3.63, 3.8) is 0 Å². The molecule has 0 atom stereocenters. The van der Waals surface area contributed by atoms with Gasteiger partial charge in [-0.2, -0.15) is 0 Å². The number of hydrogen-bond acceptors (Lipinski definition) is 2. The van der Waals surface area contributed by atoms with Gasteiger partial charge in [0, 0.05) is 11.2 Å². The molecule has 2 aromatic heterocycles. The normalized spacial score (nSPS) is 10.6. The second-order valence-electron chi connectivity index (χ2n) is 2.92. The van der Waals surface area contributed by atoms with Gasteiger partial charge in [0.15, 0.2) is 0 Å². The quantitative estimate of drug-likeness (QED) is 0.665. The molecule has 0 saturated carbocycles. The highest BCUT2D eigenvalue weighted by Crippen LogP contribution is 2.15. The lowest BCUT2D eigenvalue weighted by atomic mass is 10.3. The number of hydrogen-bond donors (Lipinski definition) is 0. The number of halogens is 3. The fraction of sp³-hybridized carbons (Fsp3) is 0.111. The molecule has 0 bridgehead atoms. The van der Waals surface area contributed by atoms with Crippen LogP contribution in [0.15, 0.2) is 24.7 Å². The summed E-state index contributed by atoms with van der Waals surface area (Å²) < 4.78 is 4.17. The zero-order valence-corrected chi connectivity index (χ0v) is 12.6. The minimum atomic E-state index is 0.703. The number of pyridine rings is 1. The molecule has 0 aliphatic rings. The standard InChI is InChI=1S/C9H6ClI2N3/c10-6-1-2-13-7(3-6)4-15-5-14-8(11)9(15)12/h1-3,5H,4H2. The van der Waals surface area contributed by atoms with Gasteiger partial charge in [-0.1, -0.05) is 11.6 Å². The molecule has 0 fully saturated rings. The monoisotopic (exact) mass is 445 g/mol. The van der Waals surface area contributed by atoms with E-state index in [9.17, 15) is 0 Å². The van der Waals surface area contributed by atoms with Crippen LogP contribution in [0.25, 0.3) is 0 Å². The number of imidazole rings is 1. The summed E-state index contributed by atoms with van der Waals surface area (Å²) in [6.45, 7) is 0.703. The zero-order valence-electron chi connectivity index (χ0n) is 7.49. The second-order valence-corrected chi connectivity index (χ2v) is 5.40. The van der Waals surface area contributed by atoms with Crippen LogP contribution in [0.4, 0.5) is 0 Å². The lowest BCUT2D eigenvalue weighted by Gasteiger charge is -2.03. The Labute approximate surface area is 120 Å². The Hall–Kier alpha value is 0.110. The fourth-order valence-electron chi connectivity index (χ4n) is 1.16. The molecule has 78 valence electrons. The van der Waals surface area contributed by atoms with E-state index < -0.39 is 0 Å². The second kappa shape index (κ2) is 4.96. The Morgan fingerprint density at radius 2 is 2.13 bits per heavy atom. The third kappa shape index (κ3) is 2.82. The Kier molecular flexibility index (Phi) is 3.83. The Balaban J connectivity index is 2.26. The van der Waals surface area contributed by atoms with E-state index in [0.29, 0.717) is 11.6 Å². The molecule has 2 aromatic rings. The van der Waals surface area contributed by atoms with Gasteiger partial charge in [0.2, 0.25) is 0 Å². The van der Waals surface area contributed by atoms with Crippen molar-refractivity contribution < 1.29 is 0 Å². The van der Waals surface area contributed by atoms with E-state index in [4.69, 9.17) is 11.6 Å². The molecule has 0 spiro atoms. The van der Waals surface area contributed by atoms with Crippen LogP contribution in [-0.4, -0.2) is 14.5 Å². The molecule has 3 nitrogen and oxygen atoms in total. The molecule has 0 amide bonds. The third-order valence-corrected chi connectivity index (χ3v) is 5.03. The van der Waals surface area contributed by atoms with Gasteiger partial charge < -0.3 is 4.57 Å². The van der Waals surface area contributed by atoms with Crippen molar-refractivity contribution >= 4 is 56.8 Å². The van der Waals surface area contributed by atoms with E-state index in [-0.39, 0.29) is 0 Å². The molecule has 0 aromatic carbocycles. The van der Waals surface area contributed by atoms with Gasteiger partial charge in [-0.05, 0) is 57.3 Å². The molecular formula is C9H6ClI2N3.